The van der Waals surface area contributed by atoms with E-state index in [2.05, 4.69) is 31.2 Å². The van der Waals surface area contributed by atoms with Crippen molar-refractivity contribution in [2.24, 2.45) is 0 Å². The van der Waals surface area contributed by atoms with E-state index in [4.69, 9.17) is 4.74 Å². The van der Waals surface area contributed by atoms with Crippen LogP contribution < -0.4 is 5.32 Å². The van der Waals surface area contributed by atoms with Crippen LogP contribution in [0.25, 0.3) is 0 Å². The molecule has 0 bridgehead atoms. The summed E-state index contributed by atoms with van der Waals surface area (Å²) in [5, 5.41) is 3.37. The van der Waals surface area contributed by atoms with Gasteiger partial charge in [-0.3, -0.25) is 0 Å². The summed E-state index contributed by atoms with van der Waals surface area (Å²) in [5.74, 6) is 0. The summed E-state index contributed by atoms with van der Waals surface area (Å²) >= 11 is 0. The Labute approximate surface area is 82.4 Å². The van der Waals surface area contributed by atoms with Crippen molar-refractivity contribution >= 4 is 0 Å². The molecule has 0 saturated carbocycles. The van der Waals surface area contributed by atoms with Crippen LogP contribution in [-0.4, -0.2) is 51.8 Å². The van der Waals surface area contributed by atoms with Gasteiger partial charge in [0.25, 0.3) is 0 Å². The largest absolute Gasteiger partial charge is 0.381 e. The molecule has 0 unspecified atom stereocenters. The molecule has 0 radical (unpaired) electrons. The molecule has 0 aliphatic carbocycles. The Morgan fingerprint density at radius 2 is 1.92 bits per heavy atom. The summed E-state index contributed by atoms with van der Waals surface area (Å²) in [6.45, 7) is 7.17. The first kappa shape index (κ1) is 12.9. The minimum atomic E-state index is 0.892. The van der Waals surface area contributed by atoms with Crippen LogP contribution in [0.2, 0.25) is 0 Å². The number of rotatable bonds is 9. The van der Waals surface area contributed by atoms with Crippen molar-refractivity contribution in [3.8, 4) is 0 Å². The molecule has 0 aromatic heterocycles. The Kier molecular flexibility index (Phi) is 9.87. The average Bonchev–Trinajstić information content (AvgIpc) is 2.09. The van der Waals surface area contributed by atoms with Gasteiger partial charge < -0.3 is 15.0 Å². The molecule has 0 aliphatic rings. The number of hydrogen-bond acceptors (Lipinski definition) is 3. The van der Waals surface area contributed by atoms with Gasteiger partial charge in [-0.05, 0) is 33.5 Å². The Bertz CT molecular complexity index is 96.9. The monoisotopic (exact) mass is 188 g/mol. The van der Waals surface area contributed by atoms with Crippen molar-refractivity contribution in [3.05, 3.63) is 0 Å². The van der Waals surface area contributed by atoms with Crippen LogP contribution in [-0.2, 0) is 4.74 Å². The van der Waals surface area contributed by atoms with Crippen molar-refractivity contribution < 1.29 is 4.74 Å². The minimum Gasteiger partial charge on any atom is -0.381 e. The van der Waals surface area contributed by atoms with Crippen molar-refractivity contribution in [3.63, 3.8) is 0 Å². The van der Waals surface area contributed by atoms with Crippen LogP contribution in [0, 0.1) is 0 Å². The lowest BCUT2D eigenvalue weighted by atomic mass is 10.4. The van der Waals surface area contributed by atoms with Gasteiger partial charge in [0, 0.05) is 26.3 Å². The second-order valence-corrected chi connectivity index (χ2v) is 3.52. The highest BCUT2D eigenvalue weighted by Gasteiger charge is 1.90. The minimum absolute atomic E-state index is 0.892. The number of likely N-dealkylation sites (N-methyl/N-ethyl adjacent to an activating group) is 1. The molecule has 0 rings (SSSR count). The van der Waals surface area contributed by atoms with E-state index < -0.39 is 0 Å². The molecular weight excluding hydrogens is 164 g/mol. The summed E-state index contributed by atoms with van der Waals surface area (Å²) in [6, 6.07) is 0. The number of hydrogen-bond donors (Lipinski definition) is 1. The van der Waals surface area contributed by atoms with Gasteiger partial charge in [-0.2, -0.15) is 0 Å². The van der Waals surface area contributed by atoms with Crippen LogP contribution in [0.4, 0.5) is 0 Å². The first-order valence-corrected chi connectivity index (χ1v) is 5.20. The summed E-state index contributed by atoms with van der Waals surface area (Å²) in [4.78, 5) is 2.18. The highest BCUT2D eigenvalue weighted by Crippen LogP contribution is 1.83. The first-order valence-electron chi connectivity index (χ1n) is 5.20. The zero-order valence-electron chi connectivity index (χ0n) is 9.31. The van der Waals surface area contributed by atoms with Gasteiger partial charge in [-0.15, -0.1) is 0 Å². The van der Waals surface area contributed by atoms with Gasteiger partial charge >= 0.3 is 0 Å². The van der Waals surface area contributed by atoms with E-state index >= 15 is 0 Å². The smallest absolute Gasteiger partial charge is 0.0478 e. The van der Waals surface area contributed by atoms with Gasteiger partial charge in [0.2, 0.25) is 0 Å². The molecule has 0 atom stereocenters. The van der Waals surface area contributed by atoms with Crippen LogP contribution in [0.1, 0.15) is 19.8 Å². The highest BCUT2D eigenvalue weighted by molar-refractivity contribution is 4.50. The third kappa shape index (κ3) is 11.9. The van der Waals surface area contributed by atoms with E-state index in [9.17, 15) is 0 Å². The Balaban J connectivity index is 2.84. The van der Waals surface area contributed by atoms with E-state index in [1.165, 1.54) is 0 Å². The Morgan fingerprint density at radius 1 is 1.15 bits per heavy atom. The lowest BCUT2D eigenvalue weighted by Crippen LogP contribution is -2.27. The molecular formula is C10H24N2O. The summed E-state index contributed by atoms with van der Waals surface area (Å²) in [6.07, 6.45) is 2.24. The van der Waals surface area contributed by atoms with E-state index in [1.807, 2.05) is 0 Å². The van der Waals surface area contributed by atoms with Crippen LogP contribution in [0.15, 0.2) is 0 Å². The van der Waals surface area contributed by atoms with Crippen molar-refractivity contribution in [1.29, 1.82) is 0 Å². The number of nitrogens with zero attached hydrogens (tertiary/aromatic N) is 1. The van der Waals surface area contributed by atoms with Gasteiger partial charge in [-0.1, -0.05) is 6.92 Å². The molecule has 0 heterocycles. The van der Waals surface area contributed by atoms with Crippen LogP contribution in [0.3, 0.4) is 0 Å². The fraction of sp³-hybridized carbons (Fsp3) is 1.00. The fourth-order valence-electron chi connectivity index (χ4n) is 0.973. The van der Waals surface area contributed by atoms with Crippen LogP contribution >= 0.6 is 0 Å². The molecule has 0 fully saturated rings. The third-order valence-electron chi connectivity index (χ3n) is 1.73. The molecule has 1 N–H and O–H groups in total. The standard InChI is InChI=1S/C10H24N2O/c1-4-9-13-10-5-6-11-7-8-12(2)3/h11H,4-10H2,1-3H3. The molecule has 0 saturated heterocycles. The molecule has 0 aromatic rings. The lowest BCUT2D eigenvalue weighted by molar-refractivity contribution is 0.132. The Morgan fingerprint density at radius 3 is 2.54 bits per heavy atom. The first-order chi connectivity index (χ1) is 6.27. The predicted octanol–water partition coefficient (Wildman–Crippen LogP) is 0.954. The van der Waals surface area contributed by atoms with E-state index in [0.717, 1.165) is 45.7 Å². The topological polar surface area (TPSA) is 24.5 Å². The van der Waals surface area contributed by atoms with Crippen LogP contribution in [0.5, 0.6) is 0 Å². The molecule has 80 valence electrons. The average molecular weight is 188 g/mol. The SMILES string of the molecule is CCCOCCCNCCN(C)C. The summed E-state index contributed by atoms with van der Waals surface area (Å²) < 4.78 is 5.36. The molecule has 3 nitrogen and oxygen atoms in total. The fourth-order valence-corrected chi connectivity index (χ4v) is 0.973. The quantitative estimate of drug-likeness (QED) is 0.545. The number of nitrogens with one attached hydrogen (secondary N) is 1. The maximum atomic E-state index is 5.36. The second-order valence-electron chi connectivity index (χ2n) is 3.52. The lowest BCUT2D eigenvalue weighted by Gasteiger charge is -2.10. The maximum absolute atomic E-state index is 5.36. The third-order valence-corrected chi connectivity index (χ3v) is 1.73. The predicted molar refractivity (Wildman–Crippen MR) is 57.2 cm³/mol. The van der Waals surface area contributed by atoms with Crippen molar-refractivity contribution in [1.82, 2.24) is 10.2 Å². The van der Waals surface area contributed by atoms with E-state index in [0.29, 0.717) is 0 Å². The summed E-state index contributed by atoms with van der Waals surface area (Å²) in [7, 11) is 4.18. The normalized spacial score (nSPS) is 11.1. The van der Waals surface area contributed by atoms with E-state index in [-0.39, 0.29) is 0 Å². The Hall–Kier alpha value is -0.120. The molecule has 3 heteroatoms. The number of ether oxygens (including phenoxy) is 1. The highest BCUT2D eigenvalue weighted by atomic mass is 16.5. The van der Waals surface area contributed by atoms with Crippen molar-refractivity contribution in [2.45, 2.75) is 19.8 Å². The summed E-state index contributed by atoms with van der Waals surface area (Å²) in [5.41, 5.74) is 0. The molecule has 13 heavy (non-hydrogen) atoms. The maximum Gasteiger partial charge on any atom is 0.0478 e. The van der Waals surface area contributed by atoms with Gasteiger partial charge in [0.1, 0.15) is 0 Å². The van der Waals surface area contributed by atoms with Crippen molar-refractivity contribution in [2.75, 3.05) is 46.9 Å². The van der Waals surface area contributed by atoms with Gasteiger partial charge in [-0.25, -0.2) is 0 Å². The van der Waals surface area contributed by atoms with Gasteiger partial charge in [0.05, 0.1) is 0 Å². The second kappa shape index (κ2) is 9.96. The zero-order chi connectivity index (χ0) is 9.94. The molecule has 0 aromatic carbocycles. The molecule has 0 aliphatic heterocycles. The molecule has 0 amide bonds. The van der Waals surface area contributed by atoms with Gasteiger partial charge in [0.15, 0.2) is 0 Å². The van der Waals surface area contributed by atoms with E-state index in [1.54, 1.807) is 0 Å². The zero-order valence-corrected chi connectivity index (χ0v) is 9.31. The molecule has 0 spiro atoms.